The van der Waals surface area contributed by atoms with Crippen LogP contribution >= 0.6 is 0 Å². The summed E-state index contributed by atoms with van der Waals surface area (Å²) in [6.45, 7) is 2.48. The van der Waals surface area contributed by atoms with Gasteiger partial charge in [0.1, 0.15) is 0 Å². The van der Waals surface area contributed by atoms with Gasteiger partial charge in [0.05, 0.1) is 23.9 Å². The fraction of sp³-hybridized carbons (Fsp3) is 0.591. The van der Waals surface area contributed by atoms with Crippen molar-refractivity contribution in [2.24, 2.45) is 0 Å². The topological polar surface area (TPSA) is 71.2 Å². The van der Waals surface area contributed by atoms with E-state index in [1.165, 1.54) is 12.8 Å². The van der Waals surface area contributed by atoms with Gasteiger partial charge in [-0.25, -0.2) is 4.68 Å². The zero-order chi connectivity index (χ0) is 19.5. The number of carbonyl (C=O) groups excluding carboxylic acids is 1. The summed E-state index contributed by atoms with van der Waals surface area (Å²) in [6.07, 6.45) is 7.97. The van der Waals surface area contributed by atoms with Gasteiger partial charge in [0.2, 0.25) is 5.91 Å². The predicted molar refractivity (Wildman–Crippen MR) is 107 cm³/mol. The number of unbranched alkanes of at least 4 members (excludes halogenated alkanes) is 2. The average molecular weight is 383 g/mol. The van der Waals surface area contributed by atoms with Crippen LogP contribution in [0.4, 0.5) is 0 Å². The molecule has 1 amide bonds. The summed E-state index contributed by atoms with van der Waals surface area (Å²) in [6, 6.07) is 9.95. The fourth-order valence-electron chi connectivity index (χ4n) is 4.20. The number of benzene rings is 1. The number of aromatic nitrogens is 3. The lowest BCUT2D eigenvalue weighted by molar-refractivity contribution is -0.140. The van der Waals surface area contributed by atoms with Crippen LogP contribution in [0.15, 0.2) is 36.5 Å². The van der Waals surface area contributed by atoms with E-state index in [1.807, 2.05) is 34.0 Å². The monoisotopic (exact) mass is 382 g/mol. The molecule has 6 heteroatoms. The van der Waals surface area contributed by atoms with Gasteiger partial charge in [0.15, 0.2) is 0 Å². The molecular formula is C22H30N4O2. The first-order valence-electron chi connectivity index (χ1n) is 10.6. The summed E-state index contributed by atoms with van der Waals surface area (Å²) in [4.78, 5) is 14.8. The Labute approximate surface area is 166 Å². The Balaban J connectivity index is 1.55. The average Bonchev–Trinajstić information content (AvgIpc) is 3.46. The van der Waals surface area contributed by atoms with E-state index in [2.05, 4.69) is 29.4 Å². The van der Waals surface area contributed by atoms with Crippen molar-refractivity contribution in [3.8, 4) is 0 Å². The van der Waals surface area contributed by atoms with Gasteiger partial charge in [-0.2, -0.15) is 0 Å². The van der Waals surface area contributed by atoms with Crippen LogP contribution in [0.2, 0.25) is 0 Å². The van der Waals surface area contributed by atoms with Gasteiger partial charge >= 0.3 is 0 Å². The van der Waals surface area contributed by atoms with Gasteiger partial charge in [-0.3, -0.25) is 4.79 Å². The van der Waals surface area contributed by atoms with Crippen LogP contribution in [0.5, 0.6) is 0 Å². The second-order valence-corrected chi connectivity index (χ2v) is 8.20. The standard InChI is InChI=1S/C22H30N4O2/c1-2-3-5-10-22(28)25-15-21(27)20(13-19(25)17-8-6-4-7-9-17)26-14-18(23-24-26)16-11-12-16/h4,6-9,14,16,19-21,27H,2-3,5,10-13,15H2,1H3/t19-,20+,21+/m0/s1. The molecule has 0 bridgehead atoms. The molecule has 3 atom stereocenters. The minimum absolute atomic E-state index is 0.0442. The Kier molecular flexibility index (Phi) is 5.76. The van der Waals surface area contributed by atoms with Crippen LogP contribution in [0.25, 0.3) is 0 Å². The number of likely N-dealkylation sites (tertiary alicyclic amines) is 1. The maximum Gasteiger partial charge on any atom is 0.223 e. The normalized spacial score (nSPS) is 25.1. The number of rotatable bonds is 7. The molecule has 0 spiro atoms. The third-order valence-corrected chi connectivity index (χ3v) is 6.03. The lowest BCUT2D eigenvalue weighted by atomic mass is 9.89. The van der Waals surface area contributed by atoms with E-state index in [4.69, 9.17) is 0 Å². The van der Waals surface area contributed by atoms with Crippen LogP contribution in [0.1, 0.15) is 81.1 Å². The predicted octanol–water partition coefficient (Wildman–Crippen LogP) is 3.61. The Bertz CT molecular complexity index is 787. The Morgan fingerprint density at radius 1 is 1.21 bits per heavy atom. The Hall–Kier alpha value is -2.21. The molecule has 2 heterocycles. The molecule has 1 aromatic carbocycles. The molecule has 2 aromatic rings. The lowest BCUT2D eigenvalue weighted by Crippen LogP contribution is -2.49. The largest absolute Gasteiger partial charge is 0.389 e. The van der Waals surface area contributed by atoms with E-state index in [9.17, 15) is 9.90 Å². The van der Waals surface area contributed by atoms with E-state index >= 15 is 0 Å². The Morgan fingerprint density at radius 3 is 2.71 bits per heavy atom. The second kappa shape index (κ2) is 8.43. The zero-order valence-electron chi connectivity index (χ0n) is 16.6. The van der Waals surface area contributed by atoms with Gasteiger partial charge in [-0.05, 0) is 31.2 Å². The molecule has 4 rings (SSSR count). The summed E-state index contributed by atoms with van der Waals surface area (Å²) in [5.41, 5.74) is 2.15. The highest BCUT2D eigenvalue weighted by Crippen LogP contribution is 2.41. The lowest BCUT2D eigenvalue weighted by Gasteiger charge is -2.42. The van der Waals surface area contributed by atoms with Gasteiger partial charge in [0.25, 0.3) is 0 Å². The van der Waals surface area contributed by atoms with Crippen LogP contribution in [-0.2, 0) is 4.79 Å². The number of piperidine rings is 1. The zero-order valence-corrected chi connectivity index (χ0v) is 16.6. The number of aliphatic hydroxyl groups is 1. The molecular weight excluding hydrogens is 352 g/mol. The molecule has 1 saturated heterocycles. The highest BCUT2D eigenvalue weighted by Gasteiger charge is 2.39. The maximum atomic E-state index is 12.9. The first kappa shape index (κ1) is 19.1. The number of hydrogen-bond acceptors (Lipinski definition) is 4. The van der Waals surface area contributed by atoms with Gasteiger partial charge in [0, 0.05) is 25.1 Å². The molecule has 2 aliphatic rings. The number of amides is 1. The first-order valence-corrected chi connectivity index (χ1v) is 10.6. The molecule has 2 fully saturated rings. The summed E-state index contributed by atoms with van der Waals surface area (Å²) >= 11 is 0. The van der Waals surface area contributed by atoms with E-state index < -0.39 is 6.10 Å². The summed E-state index contributed by atoms with van der Waals surface area (Å²) in [7, 11) is 0. The van der Waals surface area contributed by atoms with Crippen LogP contribution < -0.4 is 0 Å². The van der Waals surface area contributed by atoms with Crippen LogP contribution in [-0.4, -0.2) is 43.6 Å². The molecule has 150 valence electrons. The summed E-state index contributed by atoms with van der Waals surface area (Å²) in [5, 5.41) is 19.5. The van der Waals surface area contributed by atoms with Crippen molar-refractivity contribution >= 4 is 5.91 Å². The van der Waals surface area contributed by atoms with Crippen LogP contribution in [0.3, 0.4) is 0 Å². The quantitative estimate of drug-likeness (QED) is 0.743. The van der Waals surface area contributed by atoms with Gasteiger partial charge in [-0.15, -0.1) is 5.10 Å². The van der Waals surface area contributed by atoms with Crippen molar-refractivity contribution < 1.29 is 9.90 Å². The first-order chi connectivity index (χ1) is 13.7. The molecule has 1 saturated carbocycles. The molecule has 1 aliphatic heterocycles. The Morgan fingerprint density at radius 2 is 2.00 bits per heavy atom. The SMILES string of the molecule is CCCCCC(=O)N1C[C@@H](O)[C@H](n2cc(C3CC3)nn2)C[C@H]1c1ccccc1. The van der Waals surface area contributed by atoms with Crippen molar-refractivity contribution in [2.45, 2.75) is 76.0 Å². The smallest absolute Gasteiger partial charge is 0.223 e. The molecule has 6 nitrogen and oxygen atoms in total. The fourth-order valence-corrected chi connectivity index (χ4v) is 4.20. The third-order valence-electron chi connectivity index (χ3n) is 6.03. The molecule has 1 aromatic heterocycles. The minimum Gasteiger partial charge on any atom is -0.389 e. The van der Waals surface area contributed by atoms with Crippen molar-refractivity contribution in [2.75, 3.05) is 6.54 Å². The molecule has 1 N–H and O–H groups in total. The van der Waals surface area contributed by atoms with E-state index in [0.29, 0.717) is 25.3 Å². The minimum atomic E-state index is -0.635. The van der Waals surface area contributed by atoms with Gasteiger partial charge in [-0.1, -0.05) is 55.3 Å². The highest BCUT2D eigenvalue weighted by molar-refractivity contribution is 5.77. The van der Waals surface area contributed by atoms with Crippen LogP contribution in [0, 0.1) is 0 Å². The molecule has 0 radical (unpaired) electrons. The number of hydrogen-bond donors (Lipinski definition) is 1. The number of nitrogens with zero attached hydrogens (tertiary/aromatic N) is 4. The third kappa shape index (κ3) is 4.12. The van der Waals surface area contributed by atoms with E-state index in [-0.39, 0.29) is 18.0 Å². The van der Waals surface area contributed by atoms with Crippen molar-refractivity contribution in [3.05, 3.63) is 47.8 Å². The number of aliphatic hydroxyl groups excluding tert-OH is 1. The van der Waals surface area contributed by atoms with Crippen molar-refractivity contribution in [1.29, 1.82) is 0 Å². The molecule has 0 unspecified atom stereocenters. The highest BCUT2D eigenvalue weighted by atomic mass is 16.3. The van der Waals surface area contributed by atoms with E-state index in [1.54, 1.807) is 0 Å². The summed E-state index contributed by atoms with van der Waals surface area (Å²) in [5.74, 6) is 0.674. The number of β-amino-alcohol motifs (C(OH)–C–C–N with tert-alkyl or cyclic N) is 1. The van der Waals surface area contributed by atoms with E-state index in [0.717, 1.165) is 30.5 Å². The summed E-state index contributed by atoms with van der Waals surface area (Å²) < 4.78 is 1.83. The second-order valence-electron chi connectivity index (χ2n) is 8.20. The maximum absolute atomic E-state index is 12.9. The van der Waals surface area contributed by atoms with Gasteiger partial charge < -0.3 is 10.0 Å². The number of carbonyl (C=O) groups is 1. The van der Waals surface area contributed by atoms with Crippen molar-refractivity contribution in [3.63, 3.8) is 0 Å². The van der Waals surface area contributed by atoms with Crippen molar-refractivity contribution in [1.82, 2.24) is 19.9 Å². The molecule has 28 heavy (non-hydrogen) atoms. The molecule has 1 aliphatic carbocycles.